The Morgan fingerprint density at radius 1 is 1.33 bits per heavy atom. The smallest absolute Gasteiger partial charge is 0.331 e. The Bertz CT molecular complexity index is 577. The number of halogens is 1. The summed E-state index contributed by atoms with van der Waals surface area (Å²) in [5.74, 6) is -1.16. The lowest BCUT2D eigenvalue weighted by Gasteiger charge is -2.20. The third-order valence-corrected chi connectivity index (χ3v) is 2.62. The van der Waals surface area contributed by atoms with E-state index in [9.17, 15) is 9.18 Å². The Morgan fingerprint density at radius 2 is 1.94 bits per heavy atom. The normalized spacial score (nSPS) is 11.5. The monoisotopic (exact) mass is 250 g/mol. The number of carboxylic acids is 1. The van der Waals surface area contributed by atoms with Crippen LogP contribution in [0.5, 0.6) is 0 Å². The third-order valence-electron chi connectivity index (χ3n) is 2.62. The van der Waals surface area contributed by atoms with Gasteiger partial charge in [0.1, 0.15) is 5.82 Å². The molecule has 0 spiro atoms. The molecule has 1 aromatic heterocycles. The highest BCUT2D eigenvalue weighted by molar-refractivity contribution is 5.76. The lowest BCUT2D eigenvalue weighted by molar-refractivity contribution is -0.146. The molecule has 0 radical (unpaired) electrons. The summed E-state index contributed by atoms with van der Waals surface area (Å²) >= 11 is 0. The largest absolute Gasteiger partial charge is 0.479 e. The quantitative estimate of drug-likeness (QED) is 0.887. The summed E-state index contributed by atoms with van der Waals surface area (Å²) < 4.78 is 14.0. The van der Waals surface area contributed by atoms with Gasteiger partial charge in [-0.2, -0.15) is 0 Å². The van der Waals surface area contributed by atoms with E-state index in [0.717, 1.165) is 0 Å². The summed E-state index contributed by atoms with van der Waals surface area (Å²) in [5, 5.41) is 20.1. The SMILES string of the molecule is CC(C)(C(=O)O)n1nnnc1-c1ccc(F)cc1. The van der Waals surface area contributed by atoms with Gasteiger partial charge in [-0.3, -0.25) is 0 Å². The predicted octanol–water partition coefficient (Wildman–Crippen LogP) is 1.30. The molecule has 1 aromatic carbocycles. The number of nitrogens with zero attached hydrogens (tertiary/aromatic N) is 4. The van der Waals surface area contributed by atoms with Crippen LogP contribution in [-0.2, 0) is 10.3 Å². The van der Waals surface area contributed by atoms with Crippen molar-refractivity contribution in [3.8, 4) is 11.4 Å². The zero-order chi connectivity index (χ0) is 13.3. The molecule has 94 valence electrons. The summed E-state index contributed by atoms with van der Waals surface area (Å²) in [4.78, 5) is 11.2. The van der Waals surface area contributed by atoms with Gasteiger partial charge in [-0.1, -0.05) is 0 Å². The number of carboxylic acid groups (broad SMARTS) is 1. The fourth-order valence-corrected chi connectivity index (χ4v) is 1.43. The second-order valence-electron chi connectivity index (χ2n) is 4.29. The van der Waals surface area contributed by atoms with Gasteiger partial charge in [0.2, 0.25) is 0 Å². The average Bonchev–Trinajstić information content (AvgIpc) is 2.79. The highest BCUT2D eigenvalue weighted by Gasteiger charge is 2.33. The van der Waals surface area contributed by atoms with E-state index in [-0.39, 0.29) is 11.6 Å². The van der Waals surface area contributed by atoms with Crippen molar-refractivity contribution >= 4 is 5.97 Å². The van der Waals surface area contributed by atoms with Crippen molar-refractivity contribution in [3.05, 3.63) is 30.1 Å². The number of tetrazole rings is 1. The Balaban J connectivity index is 2.52. The van der Waals surface area contributed by atoms with E-state index >= 15 is 0 Å². The van der Waals surface area contributed by atoms with Crippen LogP contribution in [0.25, 0.3) is 11.4 Å². The van der Waals surface area contributed by atoms with Crippen LogP contribution < -0.4 is 0 Å². The number of aliphatic carboxylic acids is 1. The maximum absolute atomic E-state index is 12.8. The first-order valence-corrected chi connectivity index (χ1v) is 5.21. The number of hydrogen-bond donors (Lipinski definition) is 1. The van der Waals surface area contributed by atoms with Gasteiger partial charge in [-0.05, 0) is 48.5 Å². The Hall–Kier alpha value is -2.31. The van der Waals surface area contributed by atoms with Crippen molar-refractivity contribution in [3.63, 3.8) is 0 Å². The highest BCUT2D eigenvalue weighted by atomic mass is 19.1. The maximum atomic E-state index is 12.8. The van der Waals surface area contributed by atoms with Crippen molar-refractivity contribution in [2.75, 3.05) is 0 Å². The average molecular weight is 250 g/mol. The summed E-state index contributed by atoms with van der Waals surface area (Å²) in [6.45, 7) is 2.97. The van der Waals surface area contributed by atoms with E-state index in [2.05, 4.69) is 15.5 Å². The minimum atomic E-state index is -1.28. The zero-order valence-electron chi connectivity index (χ0n) is 9.83. The summed E-state index contributed by atoms with van der Waals surface area (Å²) in [7, 11) is 0. The predicted molar refractivity (Wildman–Crippen MR) is 60.2 cm³/mol. The van der Waals surface area contributed by atoms with E-state index in [0.29, 0.717) is 5.56 Å². The molecule has 0 aliphatic carbocycles. The standard InChI is InChI=1S/C11H11FN4O2/c1-11(2,10(17)18)16-9(13-14-15-16)7-3-5-8(12)6-4-7/h3-6H,1-2H3,(H,17,18). The van der Waals surface area contributed by atoms with Crippen molar-refractivity contribution in [2.45, 2.75) is 19.4 Å². The number of hydrogen-bond acceptors (Lipinski definition) is 4. The number of aromatic nitrogens is 4. The van der Waals surface area contributed by atoms with Crippen LogP contribution in [-0.4, -0.2) is 31.3 Å². The van der Waals surface area contributed by atoms with Crippen molar-refractivity contribution in [2.24, 2.45) is 0 Å². The van der Waals surface area contributed by atoms with Crippen molar-refractivity contribution in [1.29, 1.82) is 0 Å². The van der Waals surface area contributed by atoms with Crippen LogP contribution in [0, 0.1) is 5.82 Å². The van der Waals surface area contributed by atoms with Crippen LogP contribution in [0.3, 0.4) is 0 Å². The maximum Gasteiger partial charge on any atom is 0.331 e. The lowest BCUT2D eigenvalue weighted by atomic mass is 10.1. The molecule has 18 heavy (non-hydrogen) atoms. The van der Waals surface area contributed by atoms with Crippen LogP contribution in [0.4, 0.5) is 4.39 Å². The van der Waals surface area contributed by atoms with E-state index in [1.807, 2.05) is 0 Å². The first kappa shape index (κ1) is 12.2. The van der Waals surface area contributed by atoms with Gasteiger partial charge in [0.15, 0.2) is 11.4 Å². The first-order chi connectivity index (χ1) is 8.43. The van der Waals surface area contributed by atoms with Crippen molar-refractivity contribution < 1.29 is 14.3 Å². The van der Waals surface area contributed by atoms with Crippen molar-refractivity contribution in [1.82, 2.24) is 20.2 Å². The van der Waals surface area contributed by atoms with Crippen LogP contribution in [0.2, 0.25) is 0 Å². The highest BCUT2D eigenvalue weighted by Crippen LogP contribution is 2.23. The summed E-state index contributed by atoms with van der Waals surface area (Å²) in [6.07, 6.45) is 0. The van der Waals surface area contributed by atoms with Gasteiger partial charge in [0, 0.05) is 5.56 Å². The molecule has 2 aromatic rings. The molecule has 0 unspecified atom stereocenters. The molecule has 0 amide bonds. The van der Waals surface area contributed by atoms with Gasteiger partial charge in [-0.25, -0.2) is 13.9 Å². The lowest BCUT2D eigenvalue weighted by Crippen LogP contribution is -2.37. The fraction of sp³-hybridized carbons (Fsp3) is 0.273. The van der Waals surface area contributed by atoms with Gasteiger partial charge in [0.05, 0.1) is 0 Å². The van der Waals surface area contributed by atoms with E-state index in [1.165, 1.54) is 42.8 Å². The molecule has 0 aliphatic rings. The third kappa shape index (κ3) is 1.94. The van der Waals surface area contributed by atoms with E-state index < -0.39 is 11.5 Å². The zero-order valence-corrected chi connectivity index (χ0v) is 9.83. The molecular formula is C11H11FN4O2. The van der Waals surface area contributed by atoms with Gasteiger partial charge >= 0.3 is 5.97 Å². The van der Waals surface area contributed by atoms with Gasteiger partial charge in [-0.15, -0.1) is 5.10 Å². The molecular weight excluding hydrogens is 239 g/mol. The molecule has 0 bridgehead atoms. The molecule has 2 rings (SSSR count). The molecule has 0 saturated carbocycles. The number of carbonyl (C=O) groups is 1. The summed E-state index contributed by atoms with van der Waals surface area (Å²) in [6, 6.07) is 5.52. The Morgan fingerprint density at radius 3 is 2.50 bits per heavy atom. The number of rotatable bonds is 3. The van der Waals surface area contributed by atoms with Crippen LogP contribution in [0.1, 0.15) is 13.8 Å². The summed E-state index contributed by atoms with van der Waals surface area (Å²) in [5.41, 5.74) is -0.733. The van der Waals surface area contributed by atoms with Gasteiger partial charge < -0.3 is 5.11 Å². The van der Waals surface area contributed by atoms with Crippen LogP contribution >= 0.6 is 0 Å². The molecule has 0 saturated heterocycles. The Labute approximate surface area is 102 Å². The first-order valence-electron chi connectivity index (χ1n) is 5.21. The minimum absolute atomic E-state index is 0.280. The molecule has 0 fully saturated rings. The second-order valence-corrected chi connectivity index (χ2v) is 4.29. The van der Waals surface area contributed by atoms with Gasteiger partial charge in [0.25, 0.3) is 0 Å². The fourth-order valence-electron chi connectivity index (χ4n) is 1.43. The van der Waals surface area contributed by atoms with Crippen LogP contribution in [0.15, 0.2) is 24.3 Å². The Kier molecular flexibility index (Phi) is 2.82. The molecule has 0 aliphatic heterocycles. The van der Waals surface area contributed by atoms with E-state index in [1.54, 1.807) is 0 Å². The minimum Gasteiger partial charge on any atom is -0.479 e. The number of benzene rings is 1. The second kappa shape index (κ2) is 4.17. The molecule has 1 N–H and O–H groups in total. The molecule has 7 heteroatoms. The molecule has 1 heterocycles. The molecule has 6 nitrogen and oxygen atoms in total. The van der Waals surface area contributed by atoms with E-state index in [4.69, 9.17) is 5.11 Å². The molecule has 0 atom stereocenters. The topological polar surface area (TPSA) is 80.9 Å².